The molecule has 2 aromatic carbocycles. The Morgan fingerprint density at radius 3 is 2.28 bits per heavy atom. The van der Waals surface area contributed by atoms with Gasteiger partial charge in [0.05, 0.1) is 17.4 Å². The summed E-state index contributed by atoms with van der Waals surface area (Å²) in [6.07, 6.45) is 8.15. The van der Waals surface area contributed by atoms with E-state index in [2.05, 4.69) is 11.2 Å². The van der Waals surface area contributed by atoms with Crippen LogP contribution in [0.1, 0.15) is 66.2 Å². The predicted octanol–water partition coefficient (Wildman–Crippen LogP) is 4.78. The van der Waals surface area contributed by atoms with Gasteiger partial charge in [0.25, 0.3) is 21.9 Å². The Morgan fingerprint density at radius 1 is 0.931 bits per heavy atom. The van der Waals surface area contributed by atoms with Crippen LogP contribution in [0.5, 0.6) is 0 Å². The van der Waals surface area contributed by atoms with Gasteiger partial charge in [-0.2, -0.15) is 8.42 Å². The number of carbonyl (C=O) groups excluding carboxylic acids is 2. The van der Waals surface area contributed by atoms with Gasteiger partial charge in [0.2, 0.25) is 0 Å². The van der Waals surface area contributed by atoms with E-state index in [1.807, 2.05) is 12.1 Å². The number of hydrogen-bond donors (Lipinski definition) is 0. The maximum absolute atomic E-state index is 12.7. The molecule has 2 amide bonds. The Labute approximate surface area is 175 Å². The lowest BCUT2D eigenvalue weighted by atomic mass is 9.95. The minimum absolute atomic E-state index is 0.266. The monoisotopic (exact) mass is 435 g/mol. The zero-order chi connectivity index (χ0) is 21.0. The summed E-state index contributed by atoms with van der Waals surface area (Å²) < 4.78 is 27.6. The summed E-state index contributed by atoms with van der Waals surface area (Å²) in [5.74, 6) is -0.566. The van der Waals surface area contributed by atoms with E-state index in [0.717, 1.165) is 28.7 Å². The van der Waals surface area contributed by atoms with Crippen LogP contribution in [0, 0.1) is 0 Å². The zero-order valence-corrected chi connectivity index (χ0v) is 18.3. The highest BCUT2D eigenvalue weighted by molar-refractivity contribution is 7.99. The lowest BCUT2D eigenvalue weighted by Crippen LogP contribution is -2.41. The summed E-state index contributed by atoms with van der Waals surface area (Å²) in [4.78, 5) is 26.4. The molecule has 0 bridgehead atoms. The smallest absolute Gasteiger partial charge is 0.266 e. The van der Waals surface area contributed by atoms with Crippen LogP contribution in [0.3, 0.4) is 0 Å². The van der Waals surface area contributed by atoms with Crippen molar-refractivity contribution in [3.63, 3.8) is 0 Å². The Balaban J connectivity index is 1.82. The zero-order valence-electron chi connectivity index (χ0n) is 16.6. The lowest BCUT2D eigenvalue weighted by Gasteiger charge is -2.25. The van der Waals surface area contributed by atoms with Gasteiger partial charge < -0.3 is 0 Å². The number of amides is 2. The number of imide groups is 1. The third-order valence-corrected chi connectivity index (χ3v) is 6.38. The maximum Gasteiger partial charge on any atom is 0.286 e. The summed E-state index contributed by atoms with van der Waals surface area (Å²) in [7, 11) is -4.01. The molecule has 2 aromatic rings. The Bertz CT molecular complexity index is 1010. The molecule has 0 unspecified atom stereocenters. The largest absolute Gasteiger partial charge is 0.286 e. The first-order valence-corrected chi connectivity index (χ1v) is 12.6. The maximum atomic E-state index is 12.7. The van der Waals surface area contributed by atoms with E-state index in [4.69, 9.17) is 0 Å². The fourth-order valence-electron chi connectivity index (χ4n) is 3.44. The van der Waals surface area contributed by atoms with Gasteiger partial charge in [0.1, 0.15) is 0 Å². The van der Waals surface area contributed by atoms with Crippen LogP contribution in [0.4, 0.5) is 0 Å². The molecule has 1 aliphatic heterocycles. The van der Waals surface area contributed by atoms with Gasteiger partial charge in [-0.3, -0.25) is 9.59 Å². The van der Waals surface area contributed by atoms with E-state index < -0.39 is 21.9 Å². The second-order valence-electron chi connectivity index (χ2n) is 7.14. The van der Waals surface area contributed by atoms with Crippen LogP contribution in [0.15, 0.2) is 35.2 Å². The molecule has 0 N–H and O–H groups in total. The molecule has 0 aliphatic carbocycles. The Hall–Kier alpha value is -1.90. The number of rotatable bonds is 10. The van der Waals surface area contributed by atoms with E-state index in [1.165, 1.54) is 32.1 Å². The van der Waals surface area contributed by atoms with Crippen molar-refractivity contribution in [3.05, 3.63) is 41.5 Å². The van der Waals surface area contributed by atoms with Crippen LogP contribution in [0.25, 0.3) is 10.8 Å². The van der Waals surface area contributed by atoms with Gasteiger partial charge in [0, 0.05) is 10.3 Å². The number of hydroxylamine groups is 2. The van der Waals surface area contributed by atoms with Crippen molar-refractivity contribution in [1.82, 2.24) is 5.06 Å². The van der Waals surface area contributed by atoms with Gasteiger partial charge >= 0.3 is 0 Å². The third kappa shape index (κ3) is 4.99. The van der Waals surface area contributed by atoms with E-state index in [1.54, 1.807) is 30.0 Å². The van der Waals surface area contributed by atoms with E-state index >= 15 is 0 Å². The van der Waals surface area contributed by atoms with Crippen molar-refractivity contribution in [2.45, 2.75) is 50.3 Å². The quantitative estimate of drug-likeness (QED) is 0.303. The number of thioether (sulfide) groups is 1. The minimum Gasteiger partial charge on any atom is -0.266 e. The fourth-order valence-corrected chi connectivity index (χ4v) is 4.91. The molecule has 0 spiro atoms. The number of nitrogens with zero attached hydrogens (tertiary/aromatic N) is 1. The van der Waals surface area contributed by atoms with Gasteiger partial charge in [-0.1, -0.05) is 51.2 Å². The second-order valence-corrected chi connectivity index (χ2v) is 9.83. The molecule has 0 fully saturated rings. The average molecular weight is 436 g/mol. The normalized spacial score (nSPS) is 14.1. The first kappa shape index (κ1) is 21.8. The van der Waals surface area contributed by atoms with Gasteiger partial charge in [-0.15, -0.1) is 21.1 Å². The molecule has 0 atom stereocenters. The first-order chi connectivity index (χ1) is 13.8. The summed E-state index contributed by atoms with van der Waals surface area (Å²) in [6.45, 7) is 2.20. The second kappa shape index (κ2) is 9.28. The SMILES string of the molecule is CCCCCCCCSc1ccc2c3c(cccc13)C(=O)N(OS(C)(=O)=O)C2=O. The third-order valence-electron chi connectivity index (χ3n) is 4.80. The molecule has 0 saturated carbocycles. The Morgan fingerprint density at radius 2 is 1.59 bits per heavy atom. The van der Waals surface area contributed by atoms with Crippen LogP contribution in [-0.4, -0.2) is 37.3 Å². The summed E-state index contributed by atoms with van der Waals surface area (Å²) in [5.41, 5.74) is 0.533. The van der Waals surface area contributed by atoms with Crippen molar-refractivity contribution in [2.75, 3.05) is 12.0 Å². The Kier molecular flexibility index (Phi) is 6.97. The summed E-state index contributed by atoms with van der Waals surface area (Å²) in [5, 5.41) is 1.72. The standard InChI is InChI=1S/C21H25NO5S2/c1-3-4-5-6-7-8-14-28-18-13-12-17-19-15(18)10-9-11-16(19)20(23)22(21(17)24)27-29(2,25)26/h9-13H,3-8,14H2,1-2H3. The van der Waals surface area contributed by atoms with Crippen molar-refractivity contribution in [3.8, 4) is 0 Å². The highest BCUT2D eigenvalue weighted by atomic mass is 32.2. The van der Waals surface area contributed by atoms with Crippen LogP contribution >= 0.6 is 11.8 Å². The van der Waals surface area contributed by atoms with Crippen LogP contribution in [0.2, 0.25) is 0 Å². The predicted molar refractivity (Wildman–Crippen MR) is 114 cm³/mol. The van der Waals surface area contributed by atoms with Gasteiger partial charge in [0.15, 0.2) is 0 Å². The fraction of sp³-hybridized carbons (Fsp3) is 0.429. The molecule has 8 heteroatoms. The van der Waals surface area contributed by atoms with E-state index in [0.29, 0.717) is 10.4 Å². The number of benzene rings is 2. The van der Waals surface area contributed by atoms with E-state index in [-0.39, 0.29) is 11.1 Å². The average Bonchev–Trinajstić information content (AvgIpc) is 2.68. The summed E-state index contributed by atoms with van der Waals surface area (Å²) in [6, 6.07) is 8.71. The molecular formula is C21H25NO5S2. The minimum atomic E-state index is -4.01. The van der Waals surface area contributed by atoms with Crippen molar-refractivity contribution >= 4 is 44.5 Å². The molecule has 29 heavy (non-hydrogen) atoms. The van der Waals surface area contributed by atoms with Crippen LogP contribution in [-0.2, 0) is 14.4 Å². The highest BCUT2D eigenvalue weighted by Gasteiger charge is 2.36. The highest BCUT2D eigenvalue weighted by Crippen LogP contribution is 2.36. The number of hydrogen-bond acceptors (Lipinski definition) is 6. The van der Waals surface area contributed by atoms with Crippen molar-refractivity contribution in [2.24, 2.45) is 0 Å². The van der Waals surface area contributed by atoms with Crippen molar-refractivity contribution in [1.29, 1.82) is 0 Å². The lowest BCUT2D eigenvalue weighted by molar-refractivity contribution is -0.0149. The molecule has 6 nitrogen and oxygen atoms in total. The summed E-state index contributed by atoms with van der Waals surface area (Å²) >= 11 is 1.72. The van der Waals surface area contributed by atoms with Crippen molar-refractivity contribution < 1.29 is 22.3 Å². The molecule has 0 radical (unpaired) electrons. The molecule has 1 heterocycles. The molecule has 0 aromatic heterocycles. The topological polar surface area (TPSA) is 80.8 Å². The van der Waals surface area contributed by atoms with Gasteiger partial charge in [-0.05, 0) is 35.8 Å². The first-order valence-electron chi connectivity index (χ1n) is 9.80. The van der Waals surface area contributed by atoms with E-state index in [9.17, 15) is 18.0 Å². The van der Waals surface area contributed by atoms with Gasteiger partial charge in [-0.25, -0.2) is 0 Å². The number of carbonyl (C=O) groups is 2. The molecule has 156 valence electrons. The molecule has 1 aliphatic rings. The molecule has 3 rings (SSSR count). The number of unbranched alkanes of at least 4 members (excludes halogenated alkanes) is 5. The molecule has 0 saturated heterocycles. The van der Waals surface area contributed by atoms with Crippen LogP contribution < -0.4 is 0 Å². The molecular weight excluding hydrogens is 410 g/mol.